The van der Waals surface area contributed by atoms with Crippen molar-refractivity contribution in [2.75, 3.05) is 30.9 Å². The summed E-state index contributed by atoms with van der Waals surface area (Å²) < 4.78 is 11.3. The Morgan fingerprint density at radius 2 is 2.21 bits per heavy atom. The standard InChI is InChI=1S/C15H24N2O2/c1-4-6-19-14-9-12(16)8-13(10-14)17(3)15-5-7-18-11(15)2/h8-11,15H,4-7,16H2,1-3H3. The van der Waals surface area contributed by atoms with E-state index in [1.54, 1.807) is 0 Å². The Bertz CT molecular complexity index is 423. The second-order valence-corrected chi connectivity index (χ2v) is 5.15. The lowest BCUT2D eigenvalue weighted by molar-refractivity contribution is 0.118. The van der Waals surface area contributed by atoms with Gasteiger partial charge in [0.1, 0.15) is 5.75 Å². The Morgan fingerprint density at radius 3 is 2.84 bits per heavy atom. The average Bonchev–Trinajstić information content (AvgIpc) is 2.81. The van der Waals surface area contributed by atoms with Gasteiger partial charge in [-0.1, -0.05) is 6.92 Å². The molecule has 2 N–H and O–H groups in total. The summed E-state index contributed by atoms with van der Waals surface area (Å²) >= 11 is 0. The number of anilines is 2. The van der Waals surface area contributed by atoms with Crippen molar-refractivity contribution in [1.29, 1.82) is 0 Å². The van der Waals surface area contributed by atoms with E-state index in [9.17, 15) is 0 Å². The van der Waals surface area contributed by atoms with E-state index in [-0.39, 0.29) is 6.10 Å². The Labute approximate surface area is 115 Å². The molecule has 0 amide bonds. The first-order chi connectivity index (χ1) is 9.11. The number of hydrogen-bond acceptors (Lipinski definition) is 4. The minimum Gasteiger partial charge on any atom is -0.493 e. The monoisotopic (exact) mass is 264 g/mol. The van der Waals surface area contributed by atoms with Gasteiger partial charge in [0, 0.05) is 37.2 Å². The number of rotatable bonds is 5. The summed E-state index contributed by atoms with van der Waals surface area (Å²) in [5.74, 6) is 0.843. The van der Waals surface area contributed by atoms with Crippen LogP contribution in [0, 0.1) is 0 Å². The molecule has 1 aromatic rings. The first-order valence-electron chi connectivity index (χ1n) is 6.99. The van der Waals surface area contributed by atoms with Crippen molar-refractivity contribution in [1.82, 2.24) is 0 Å². The van der Waals surface area contributed by atoms with E-state index in [1.807, 2.05) is 12.1 Å². The van der Waals surface area contributed by atoms with Crippen molar-refractivity contribution in [2.45, 2.75) is 38.8 Å². The van der Waals surface area contributed by atoms with Gasteiger partial charge < -0.3 is 20.1 Å². The maximum Gasteiger partial charge on any atom is 0.123 e. The molecule has 1 aromatic carbocycles. The molecule has 1 aliphatic rings. The Morgan fingerprint density at radius 1 is 1.42 bits per heavy atom. The van der Waals surface area contributed by atoms with Crippen LogP contribution in [0.25, 0.3) is 0 Å². The Kier molecular flexibility index (Phi) is 4.53. The van der Waals surface area contributed by atoms with Crippen LogP contribution in [-0.4, -0.2) is 32.4 Å². The lowest BCUT2D eigenvalue weighted by Crippen LogP contribution is -2.36. The van der Waals surface area contributed by atoms with Crippen molar-refractivity contribution < 1.29 is 9.47 Å². The molecule has 0 aliphatic carbocycles. The van der Waals surface area contributed by atoms with Crippen LogP contribution < -0.4 is 15.4 Å². The second-order valence-electron chi connectivity index (χ2n) is 5.15. The van der Waals surface area contributed by atoms with E-state index in [0.29, 0.717) is 6.04 Å². The zero-order chi connectivity index (χ0) is 13.8. The lowest BCUT2D eigenvalue weighted by atomic mass is 10.1. The van der Waals surface area contributed by atoms with Crippen molar-refractivity contribution in [2.24, 2.45) is 0 Å². The highest BCUT2D eigenvalue weighted by Gasteiger charge is 2.28. The summed E-state index contributed by atoms with van der Waals surface area (Å²) in [6, 6.07) is 6.32. The van der Waals surface area contributed by atoms with Crippen molar-refractivity contribution in [3.63, 3.8) is 0 Å². The molecule has 2 rings (SSSR count). The van der Waals surface area contributed by atoms with Gasteiger partial charge in [-0.25, -0.2) is 0 Å². The molecule has 4 nitrogen and oxygen atoms in total. The smallest absolute Gasteiger partial charge is 0.123 e. The van der Waals surface area contributed by atoms with Gasteiger partial charge in [-0.15, -0.1) is 0 Å². The molecule has 0 spiro atoms. The maximum atomic E-state index is 5.96. The molecule has 106 valence electrons. The lowest BCUT2D eigenvalue weighted by Gasteiger charge is -2.29. The summed E-state index contributed by atoms with van der Waals surface area (Å²) in [6.07, 6.45) is 2.30. The normalized spacial score (nSPS) is 22.5. The quantitative estimate of drug-likeness (QED) is 0.831. The highest BCUT2D eigenvalue weighted by atomic mass is 16.5. The van der Waals surface area contributed by atoms with Crippen molar-refractivity contribution in [3.8, 4) is 5.75 Å². The molecule has 1 saturated heterocycles. The number of ether oxygens (including phenoxy) is 2. The minimum absolute atomic E-state index is 0.256. The predicted octanol–water partition coefficient (Wildman–Crippen LogP) is 2.67. The zero-order valence-corrected chi connectivity index (χ0v) is 12.1. The van der Waals surface area contributed by atoms with Crippen LogP contribution in [0.3, 0.4) is 0 Å². The molecule has 2 unspecified atom stereocenters. The van der Waals surface area contributed by atoms with E-state index in [0.717, 1.165) is 43.2 Å². The largest absolute Gasteiger partial charge is 0.493 e. The number of nitrogen functional groups attached to an aromatic ring is 1. The fraction of sp³-hybridized carbons (Fsp3) is 0.600. The molecule has 1 aliphatic heterocycles. The summed E-state index contributed by atoms with van der Waals surface area (Å²) in [4.78, 5) is 2.24. The highest BCUT2D eigenvalue weighted by Crippen LogP contribution is 2.29. The molecule has 0 radical (unpaired) electrons. The number of likely N-dealkylation sites (N-methyl/N-ethyl adjacent to an activating group) is 1. The maximum absolute atomic E-state index is 5.96. The minimum atomic E-state index is 0.256. The van der Waals surface area contributed by atoms with Crippen LogP contribution in [-0.2, 0) is 4.74 Å². The van der Waals surface area contributed by atoms with E-state index in [4.69, 9.17) is 15.2 Å². The number of nitrogens with zero attached hydrogens (tertiary/aromatic N) is 1. The van der Waals surface area contributed by atoms with Gasteiger partial charge in [-0.2, -0.15) is 0 Å². The molecular weight excluding hydrogens is 240 g/mol. The summed E-state index contributed by atoms with van der Waals surface area (Å²) in [5, 5.41) is 0. The highest BCUT2D eigenvalue weighted by molar-refractivity contribution is 5.60. The SMILES string of the molecule is CCCOc1cc(N)cc(N(C)C2CCOC2C)c1. The molecule has 1 heterocycles. The van der Waals surface area contributed by atoms with Crippen LogP contribution in [0.15, 0.2) is 18.2 Å². The third-order valence-electron chi connectivity index (χ3n) is 3.63. The van der Waals surface area contributed by atoms with Gasteiger partial charge in [0.15, 0.2) is 0 Å². The first kappa shape index (κ1) is 14.0. The molecule has 0 bridgehead atoms. The topological polar surface area (TPSA) is 47.7 Å². The van der Waals surface area contributed by atoms with E-state index in [2.05, 4.69) is 31.9 Å². The number of nitrogens with two attached hydrogens (primary N) is 1. The Hall–Kier alpha value is -1.42. The average molecular weight is 264 g/mol. The molecule has 1 fully saturated rings. The molecule has 19 heavy (non-hydrogen) atoms. The molecular formula is C15H24N2O2. The van der Waals surface area contributed by atoms with Gasteiger partial charge in [-0.3, -0.25) is 0 Å². The predicted molar refractivity (Wildman–Crippen MR) is 78.9 cm³/mol. The van der Waals surface area contributed by atoms with E-state index < -0.39 is 0 Å². The fourth-order valence-electron chi connectivity index (χ4n) is 2.53. The fourth-order valence-corrected chi connectivity index (χ4v) is 2.53. The first-order valence-corrected chi connectivity index (χ1v) is 6.99. The number of hydrogen-bond donors (Lipinski definition) is 1. The molecule has 0 saturated carbocycles. The van der Waals surface area contributed by atoms with Crippen LogP contribution in [0.5, 0.6) is 5.75 Å². The number of benzene rings is 1. The van der Waals surface area contributed by atoms with Crippen molar-refractivity contribution >= 4 is 11.4 Å². The van der Waals surface area contributed by atoms with E-state index >= 15 is 0 Å². The van der Waals surface area contributed by atoms with Crippen LogP contribution in [0.1, 0.15) is 26.7 Å². The third kappa shape index (κ3) is 3.32. The third-order valence-corrected chi connectivity index (χ3v) is 3.63. The summed E-state index contributed by atoms with van der Waals surface area (Å²) in [6.45, 7) is 5.76. The van der Waals surface area contributed by atoms with Gasteiger partial charge >= 0.3 is 0 Å². The summed E-state index contributed by atoms with van der Waals surface area (Å²) in [5.41, 5.74) is 7.79. The Balaban J connectivity index is 2.16. The van der Waals surface area contributed by atoms with Crippen molar-refractivity contribution in [3.05, 3.63) is 18.2 Å². The van der Waals surface area contributed by atoms with Gasteiger partial charge in [0.2, 0.25) is 0 Å². The van der Waals surface area contributed by atoms with Gasteiger partial charge in [0.25, 0.3) is 0 Å². The summed E-state index contributed by atoms with van der Waals surface area (Å²) in [7, 11) is 2.09. The molecule has 4 heteroatoms. The van der Waals surface area contributed by atoms with Gasteiger partial charge in [-0.05, 0) is 25.8 Å². The molecule has 2 atom stereocenters. The van der Waals surface area contributed by atoms with Crippen LogP contribution in [0.4, 0.5) is 11.4 Å². The zero-order valence-electron chi connectivity index (χ0n) is 12.1. The van der Waals surface area contributed by atoms with Crippen LogP contribution >= 0.6 is 0 Å². The van der Waals surface area contributed by atoms with Gasteiger partial charge in [0.05, 0.1) is 18.8 Å². The second kappa shape index (κ2) is 6.15. The van der Waals surface area contributed by atoms with E-state index in [1.165, 1.54) is 0 Å². The van der Waals surface area contributed by atoms with Crippen LogP contribution in [0.2, 0.25) is 0 Å². The molecule has 0 aromatic heterocycles.